The summed E-state index contributed by atoms with van der Waals surface area (Å²) in [4.78, 5) is 25.7. The Balaban J connectivity index is 1.46. The lowest BCUT2D eigenvalue weighted by molar-refractivity contribution is 0.0714. The van der Waals surface area contributed by atoms with E-state index < -0.39 is 0 Å². The van der Waals surface area contributed by atoms with Crippen LogP contribution in [0.1, 0.15) is 27.4 Å². The zero-order chi connectivity index (χ0) is 20.4. The molecule has 29 heavy (non-hydrogen) atoms. The molecule has 1 aliphatic heterocycles. The van der Waals surface area contributed by atoms with Crippen molar-refractivity contribution in [2.75, 3.05) is 36.4 Å². The molecule has 0 radical (unpaired) electrons. The highest BCUT2D eigenvalue weighted by molar-refractivity contribution is 5.91. The van der Waals surface area contributed by atoms with Crippen LogP contribution in [0, 0.1) is 20.8 Å². The predicted molar refractivity (Wildman–Crippen MR) is 113 cm³/mol. The highest BCUT2D eigenvalue weighted by atomic mass is 16.3. The van der Waals surface area contributed by atoms with Crippen molar-refractivity contribution in [1.82, 2.24) is 14.9 Å². The summed E-state index contributed by atoms with van der Waals surface area (Å²) in [6.45, 7) is 8.70. The molecule has 0 aliphatic carbocycles. The van der Waals surface area contributed by atoms with E-state index in [1.54, 1.807) is 17.0 Å². The maximum Gasteiger partial charge on any atom is 0.289 e. The smallest absolute Gasteiger partial charge is 0.289 e. The van der Waals surface area contributed by atoms with Gasteiger partial charge in [-0.05, 0) is 56.2 Å². The van der Waals surface area contributed by atoms with E-state index in [9.17, 15) is 4.79 Å². The second kappa shape index (κ2) is 7.95. The van der Waals surface area contributed by atoms with Gasteiger partial charge in [0.05, 0.1) is 6.26 Å². The van der Waals surface area contributed by atoms with Crippen molar-refractivity contribution < 1.29 is 9.21 Å². The third-order valence-corrected chi connectivity index (χ3v) is 4.92. The van der Waals surface area contributed by atoms with Gasteiger partial charge in [-0.3, -0.25) is 4.79 Å². The predicted octanol–water partition coefficient (Wildman–Crippen LogP) is 3.70. The van der Waals surface area contributed by atoms with Crippen LogP contribution in [0.25, 0.3) is 0 Å². The minimum atomic E-state index is -0.0722. The number of aryl methyl sites for hydroxylation is 3. The van der Waals surface area contributed by atoms with Crippen molar-refractivity contribution in [3.63, 3.8) is 0 Å². The summed E-state index contributed by atoms with van der Waals surface area (Å²) in [5.41, 5.74) is 4.32. The lowest BCUT2D eigenvalue weighted by Gasteiger charge is -2.34. The number of hydrogen-bond donors (Lipinski definition) is 1. The van der Waals surface area contributed by atoms with Crippen molar-refractivity contribution in [3.05, 3.63) is 65.2 Å². The number of nitrogens with zero attached hydrogens (tertiary/aromatic N) is 4. The Hall–Kier alpha value is -3.35. The first-order valence-electron chi connectivity index (χ1n) is 9.77. The van der Waals surface area contributed by atoms with Crippen LogP contribution in [0.5, 0.6) is 0 Å². The molecule has 2 aromatic heterocycles. The zero-order valence-electron chi connectivity index (χ0n) is 17.0. The molecule has 1 fully saturated rings. The van der Waals surface area contributed by atoms with Gasteiger partial charge in [0, 0.05) is 43.6 Å². The van der Waals surface area contributed by atoms with Crippen molar-refractivity contribution in [1.29, 1.82) is 0 Å². The first kappa shape index (κ1) is 19.0. The van der Waals surface area contributed by atoms with E-state index in [-0.39, 0.29) is 5.91 Å². The molecule has 0 saturated carbocycles. The Morgan fingerprint density at radius 3 is 2.38 bits per heavy atom. The molecular formula is C22H25N5O2. The molecule has 1 amide bonds. The Kier molecular flexibility index (Phi) is 5.20. The van der Waals surface area contributed by atoms with Crippen LogP contribution in [0.2, 0.25) is 0 Å². The van der Waals surface area contributed by atoms with Gasteiger partial charge < -0.3 is 19.5 Å². The normalized spacial score (nSPS) is 14.2. The highest BCUT2D eigenvalue weighted by Gasteiger charge is 2.25. The summed E-state index contributed by atoms with van der Waals surface area (Å²) in [7, 11) is 0. The SMILES string of the molecule is Cc1cc(C)cc(Nc2cc(C)nc(N3CCN(C(=O)c4ccco4)CC3)n2)c1. The minimum Gasteiger partial charge on any atom is -0.459 e. The molecule has 3 heterocycles. The van der Waals surface area contributed by atoms with Crippen LogP contribution in [0.3, 0.4) is 0 Å². The van der Waals surface area contributed by atoms with Gasteiger partial charge in [0.25, 0.3) is 5.91 Å². The van der Waals surface area contributed by atoms with Gasteiger partial charge in [-0.15, -0.1) is 0 Å². The number of carbonyl (C=O) groups is 1. The molecule has 0 atom stereocenters. The number of rotatable bonds is 4. The number of nitrogens with one attached hydrogen (secondary N) is 1. The van der Waals surface area contributed by atoms with Gasteiger partial charge in [0.2, 0.25) is 5.95 Å². The molecular weight excluding hydrogens is 366 g/mol. The lowest BCUT2D eigenvalue weighted by atomic mass is 10.1. The number of piperazine rings is 1. The number of aromatic nitrogens is 2. The number of amides is 1. The lowest BCUT2D eigenvalue weighted by Crippen LogP contribution is -2.49. The van der Waals surface area contributed by atoms with Crippen molar-refractivity contribution >= 4 is 23.4 Å². The molecule has 1 aliphatic rings. The van der Waals surface area contributed by atoms with Gasteiger partial charge in [-0.25, -0.2) is 4.98 Å². The summed E-state index contributed by atoms with van der Waals surface area (Å²) in [6.07, 6.45) is 1.52. The van der Waals surface area contributed by atoms with Crippen LogP contribution in [0.15, 0.2) is 47.1 Å². The quantitative estimate of drug-likeness (QED) is 0.731. The fourth-order valence-corrected chi connectivity index (χ4v) is 3.62. The van der Waals surface area contributed by atoms with Crippen LogP contribution in [-0.2, 0) is 0 Å². The summed E-state index contributed by atoms with van der Waals surface area (Å²) in [5.74, 6) is 1.76. The third-order valence-electron chi connectivity index (χ3n) is 4.92. The van der Waals surface area contributed by atoms with Crippen molar-refractivity contribution in [2.45, 2.75) is 20.8 Å². The number of benzene rings is 1. The summed E-state index contributed by atoms with van der Waals surface area (Å²) in [5, 5.41) is 3.40. The van der Waals surface area contributed by atoms with E-state index in [4.69, 9.17) is 9.40 Å². The number of furan rings is 1. The molecule has 1 aromatic carbocycles. The van der Waals surface area contributed by atoms with E-state index in [0.717, 1.165) is 17.2 Å². The van der Waals surface area contributed by atoms with E-state index in [2.05, 4.69) is 47.2 Å². The second-order valence-corrected chi connectivity index (χ2v) is 7.45. The number of anilines is 3. The topological polar surface area (TPSA) is 74.5 Å². The highest BCUT2D eigenvalue weighted by Crippen LogP contribution is 2.22. The number of hydrogen-bond acceptors (Lipinski definition) is 6. The monoisotopic (exact) mass is 391 g/mol. The third kappa shape index (κ3) is 4.39. The van der Waals surface area contributed by atoms with Crippen molar-refractivity contribution in [2.24, 2.45) is 0 Å². The molecule has 3 aromatic rings. The molecule has 150 valence electrons. The van der Waals surface area contributed by atoms with Crippen LogP contribution in [-0.4, -0.2) is 47.0 Å². The van der Waals surface area contributed by atoms with Crippen LogP contribution >= 0.6 is 0 Å². The van der Waals surface area contributed by atoms with Gasteiger partial charge in [-0.1, -0.05) is 6.07 Å². The molecule has 0 spiro atoms. The van der Waals surface area contributed by atoms with Crippen LogP contribution < -0.4 is 10.2 Å². The molecule has 7 heteroatoms. The van der Waals surface area contributed by atoms with Gasteiger partial charge in [-0.2, -0.15) is 4.98 Å². The van der Waals surface area contributed by atoms with E-state index in [1.807, 2.05) is 13.0 Å². The van der Waals surface area contributed by atoms with E-state index >= 15 is 0 Å². The van der Waals surface area contributed by atoms with Gasteiger partial charge in [0.1, 0.15) is 5.82 Å². The first-order chi connectivity index (χ1) is 14.0. The molecule has 0 bridgehead atoms. The molecule has 7 nitrogen and oxygen atoms in total. The van der Waals surface area contributed by atoms with Gasteiger partial charge >= 0.3 is 0 Å². The van der Waals surface area contributed by atoms with Crippen molar-refractivity contribution in [3.8, 4) is 0 Å². The maximum atomic E-state index is 12.4. The Morgan fingerprint density at radius 2 is 1.72 bits per heavy atom. The maximum absolute atomic E-state index is 12.4. The summed E-state index contributed by atoms with van der Waals surface area (Å²) < 4.78 is 5.23. The second-order valence-electron chi connectivity index (χ2n) is 7.45. The fraction of sp³-hybridized carbons (Fsp3) is 0.318. The molecule has 1 saturated heterocycles. The Morgan fingerprint density at radius 1 is 1.00 bits per heavy atom. The Bertz CT molecular complexity index is 988. The standard InChI is InChI=1S/C22H25N5O2/c1-15-11-16(2)13-18(12-15)24-20-14-17(3)23-22(25-20)27-8-6-26(7-9-27)21(28)19-5-4-10-29-19/h4-5,10-14H,6-9H2,1-3H3,(H,23,24,25). The fourth-order valence-electron chi connectivity index (χ4n) is 3.62. The molecule has 4 rings (SSSR count). The average molecular weight is 391 g/mol. The average Bonchev–Trinajstić information content (AvgIpc) is 3.21. The van der Waals surface area contributed by atoms with E-state index in [1.165, 1.54) is 17.4 Å². The van der Waals surface area contributed by atoms with Crippen LogP contribution in [0.4, 0.5) is 17.5 Å². The molecule has 0 unspecified atom stereocenters. The first-order valence-corrected chi connectivity index (χ1v) is 9.77. The molecule has 1 N–H and O–H groups in total. The Labute approximate surface area is 170 Å². The largest absolute Gasteiger partial charge is 0.459 e. The summed E-state index contributed by atoms with van der Waals surface area (Å²) >= 11 is 0. The minimum absolute atomic E-state index is 0.0722. The summed E-state index contributed by atoms with van der Waals surface area (Å²) in [6, 6.07) is 11.7. The zero-order valence-corrected chi connectivity index (χ0v) is 17.0. The number of carbonyl (C=O) groups excluding carboxylic acids is 1. The van der Waals surface area contributed by atoms with E-state index in [0.29, 0.717) is 37.9 Å². The van der Waals surface area contributed by atoms with Gasteiger partial charge in [0.15, 0.2) is 5.76 Å².